The first-order chi connectivity index (χ1) is 11.7. The van der Waals surface area contributed by atoms with Crippen LogP contribution in [0, 0.1) is 6.92 Å². The summed E-state index contributed by atoms with van der Waals surface area (Å²) in [5, 5.41) is 0.938. The van der Waals surface area contributed by atoms with E-state index in [-0.39, 0.29) is 5.63 Å². The van der Waals surface area contributed by atoms with E-state index in [1.165, 1.54) is 6.07 Å². The first-order valence-corrected chi connectivity index (χ1v) is 7.74. The van der Waals surface area contributed by atoms with E-state index < -0.39 is 0 Å². The molecular formula is C19H17NO4. The minimum absolute atomic E-state index is 0.338. The van der Waals surface area contributed by atoms with Crippen LogP contribution in [0.2, 0.25) is 0 Å². The van der Waals surface area contributed by atoms with Gasteiger partial charge in [0.1, 0.15) is 17.1 Å². The zero-order valence-electron chi connectivity index (χ0n) is 13.5. The van der Waals surface area contributed by atoms with Crippen molar-refractivity contribution in [1.29, 1.82) is 0 Å². The number of hydrogen-bond donors (Lipinski definition) is 0. The van der Waals surface area contributed by atoms with Gasteiger partial charge in [-0.25, -0.2) is 4.79 Å². The van der Waals surface area contributed by atoms with Gasteiger partial charge in [0.05, 0.1) is 19.2 Å². The average Bonchev–Trinajstić information content (AvgIpc) is 2.61. The van der Waals surface area contributed by atoms with Crippen molar-refractivity contribution >= 4 is 16.7 Å². The number of nitrogens with zero attached hydrogens (tertiary/aromatic N) is 1. The first kappa shape index (κ1) is 14.6. The molecule has 2 aromatic carbocycles. The SMILES string of the molecule is COc1ccc(N2COc3ccc4c(C)cc(=O)oc4c3C2)cc1. The van der Waals surface area contributed by atoms with Gasteiger partial charge in [-0.05, 0) is 48.9 Å². The molecule has 122 valence electrons. The molecule has 0 amide bonds. The Morgan fingerprint density at radius 1 is 1.12 bits per heavy atom. The number of rotatable bonds is 2. The predicted octanol–water partition coefficient (Wildman–Crippen LogP) is 3.47. The Hall–Kier alpha value is -2.95. The molecule has 0 spiro atoms. The Balaban J connectivity index is 1.78. The maximum atomic E-state index is 11.8. The van der Waals surface area contributed by atoms with Crippen molar-refractivity contribution in [3.05, 3.63) is 64.0 Å². The van der Waals surface area contributed by atoms with E-state index in [1.54, 1.807) is 7.11 Å². The normalized spacial score (nSPS) is 13.5. The van der Waals surface area contributed by atoms with Crippen LogP contribution in [0.4, 0.5) is 5.69 Å². The molecule has 0 fully saturated rings. The topological polar surface area (TPSA) is 51.9 Å². The van der Waals surface area contributed by atoms with Crippen LogP contribution in [0.15, 0.2) is 51.7 Å². The molecule has 0 atom stereocenters. The molecule has 1 aliphatic rings. The highest BCUT2D eigenvalue weighted by atomic mass is 16.5. The van der Waals surface area contributed by atoms with Gasteiger partial charge in [0.25, 0.3) is 0 Å². The molecule has 0 radical (unpaired) electrons. The number of hydrogen-bond acceptors (Lipinski definition) is 5. The number of anilines is 1. The summed E-state index contributed by atoms with van der Waals surface area (Å²) < 4.78 is 16.5. The smallest absolute Gasteiger partial charge is 0.336 e. The molecule has 0 aliphatic carbocycles. The molecular weight excluding hydrogens is 306 g/mol. The molecule has 4 rings (SSSR count). The van der Waals surface area contributed by atoms with Crippen molar-refractivity contribution in [3.8, 4) is 11.5 Å². The summed E-state index contributed by atoms with van der Waals surface area (Å²) in [5.41, 5.74) is 3.10. The van der Waals surface area contributed by atoms with E-state index in [4.69, 9.17) is 13.9 Å². The van der Waals surface area contributed by atoms with Crippen molar-refractivity contribution in [1.82, 2.24) is 0 Å². The number of aryl methyl sites for hydroxylation is 1. The average molecular weight is 323 g/mol. The largest absolute Gasteiger partial charge is 0.497 e. The summed E-state index contributed by atoms with van der Waals surface area (Å²) >= 11 is 0. The number of ether oxygens (including phenoxy) is 2. The molecule has 2 heterocycles. The van der Waals surface area contributed by atoms with Crippen molar-refractivity contribution in [2.45, 2.75) is 13.5 Å². The Bertz CT molecular complexity index is 960. The molecule has 1 aliphatic heterocycles. The monoisotopic (exact) mass is 323 g/mol. The lowest BCUT2D eigenvalue weighted by Crippen LogP contribution is -2.32. The maximum Gasteiger partial charge on any atom is 0.336 e. The Kier molecular flexibility index (Phi) is 3.41. The fourth-order valence-electron chi connectivity index (χ4n) is 3.05. The van der Waals surface area contributed by atoms with Gasteiger partial charge in [-0.15, -0.1) is 0 Å². The van der Waals surface area contributed by atoms with E-state index in [0.29, 0.717) is 18.9 Å². The summed E-state index contributed by atoms with van der Waals surface area (Å²) in [6, 6.07) is 13.2. The Morgan fingerprint density at radius 2 is 1.92 bits per heavy atom. The van der Waals surface area contributed by atoms with Crippen molar-refractivity contribution in [2.75, 3.05) is 18.7 Å². The van der Waals surface area contributed by atoms with Crippen LogP contribution in [0.1, 0.15) is 11.1 Å². The van der Waals surface area contributed by atoms with Gasteiger partial charge in [0, 0.05) is 17.1 Å². The lowest BCUT2D eigenvalue weighted by Gasteiger charge is -2.31. The Morgan fingerprint density at radius 3 is 2.67 bits per heavy atom. The maximum absolute atomic E-state index is 11.8. The molecule has 5 heteroatoms. The highest BCUT2D eigenvalue weighted by Crippen LogP contribution is 2.34. The van der Waals surface area contributed by atoms with Crippen LogP contribution >= 0.6 is 0 Å². The van der Waals surface area contributed by atoms with Crippen molar-refractivity contribution < 1.29 is 13.9 Å². The van der Waals surface area contributed by atoms with E-state index in [2.05, 4.69) is 4.90 Å². The number of benzene rings is 2. The summed E-state index contributed by atoms with van der Waals surface area (Å²) in [5.74, 6) is 1.57. The minimum atomic E-state index is -0.338. The van der Waals surface area contributed by atoms with Crippen LogP contribution < -0.4 is 20.0 Å². The van der Waals surface area contributed by atoms with Crippen molar-refractivity contribution in [2.24, 2.45) is 0 Å². The van der Waals surface area contributed by atoms with Gasteiger partial charge in [-0.2, -0.15) is 0 Å². The van der Waals surface area contributed by atoms with E-state index in [9.17, 15) is 4.79 Å². The van der Waals surface area contributed by atoms with E-state index >= 15 is 0 Å². The summed E-state index contributed by atoms with van der Waals surface area (Å²) in [4.78, 5) is 13.9. The zero-order valence-corrected chi connectivity index (χ0v) is 13.5. The lowest BCUT2D eigenvalue weighted by molar-refractivity contribution is 0.289. The van der Waals surface area contributed by atoms with Gasteiger partial charge >= 0.3 is 5.63 Å². The van der Waals surface area contributed by atoms with Crippen LogP contribution in [0.3, 0.4) is 0 Å². The van der Waals surface area contributed by atoms with Gasteiger partial charge in [0.15, 0.2) is 6.73 Å². The highest BCUT2D eigenvalue weighted by Gasteiger charge is 2.22. The first-order valence-electron chi connectivity index (χ1n) is 7.74. The third kappa shape index (κ3) is 2.38. The second kappa shape index (κ2) is 5.60. The molecule has 0 unspecified atom stereocenters. The molecule has 0 bridgehead atoms. The predicted molar refractivity (Wildman–Crippen MR) is 91.9 cm³/mol. The highest BCUT2D eigenvalue weighted by molar-refractivity contribution is 5.85. The van der Waals surface area contributed by atoms with Crippen LogP contribution in [0.5, 0.6) is 11.5 Å². The van der Waals surface area contributed by atoms with Gasteiger partial charge < -0.3 is 18.8 Å². The minimum Gasteiger partial charge on any atom is -0.497 e. The van der Waals surface area contributed by atoms with Crippen molar-refractivity contribution in [3.63, 3.8) is 0 Å². The van der Waals surface area contributed by atoms with Gasteiger partial charge in [-0.3, -0.25) is 0 Å². The van der Waals surface area contributed by atoms with Gasteiger partial charge in [-0.1, -0.05) is 0 Å². The number of methoxy groups -OCH3 is 1. The van der Waals surface area contributed by atoms with Crippen LogP contribution in [-0.4, -0.2) is 13.8 Å². The summed E-state index contributed by atoms with van der Waals surface area (Å²) in [6.07, 6.45) is 0. The molecule has 5 nitrogen and oxygen atoms in total. The van der Waals surface area contributed by atoms with Gasteiger partial charge in [0.2, 0.25) is 0 Å². The second-order valence-electron chi connectivity index (χ2n) is 5.84. The van der Waals surface area contributed by atoms with Crippen LogP contribution in [-0.2, 0) is 6.54 Å². The molecule has 1 aromatic heterocycles. The fraction of sp³-hybridized carbons (Fsp3) is 0.211. The summed E-state index contributed by atoms with van der Waals surface area (Å²) in [7, 11) is 1.64. The molecule has 3 aromatic rings. The Labute approximate surface area is 139 Å². The summed E-state index contributed by atoms with van der Waals surface area (Å²) in [6.45, 7) is 2.98. The third-order valence-corrected chi connectivity index (χ3v) is 4.34. The molecule has 0 saturated carbocycles. The fourth-order valence-corrected chi connectivity index (χ4v) is 3.05. The molecule has 0 saturated heterocycles. The molecule has 0 N–H and O–H groups in total. The molecule has 24 heavy (non-hydrogen) atoms. The van der Waals surface area contributed by atoms with Crippen LogP contribution in [0.25, 0.3) is 11.0 Å². The third-order valence-electron chi connectivity index (χ3n) is 4.34. The standard InChI is InChI=1S/C19H17NO4/c1-12-9-18(21)24-19-15(12)7-8-17-16(19)10-20(11-23-17)13-3-5-14(22-2)6-4-13/h3-9H,10-11H2,1-2H3. The zero-order chi connectivity index (χ0) is 16.7. The quantitative estimate of drug-likeness (QED) is 0.676. The second-order valence-corrected chi connectivity index (χ2v) is 5.84. The van der Waals surface area contributed by atoms with E-state index in [1.807, 2.05) is 43.3 Å². The number of fused-ring (bicyclic) bond motifs is 3. The lowest BCUT2D eigenvalue weighted by atomic mass is 10.0. The van der Waals surface area contributed by atoms with E-state index in [0.717, 1.165) is 33.7 Å².